The minimum absolute atomic E-state index is 0.335. The van der Waals surface area contributed by atoms with Gasteiger partial charge in [0.05, 0.1) is 5.56 Å². The normalized spacial score (nSPS) is 18.9. The van der Waals surface area contributed by atoms with E-state index in [1.807, 2.05) is 6.92 Å². The van der Waals surface area contributed by atoms with E-state index in [1.165, 1.54) is 6.07 Å². The number of benzene rings is 1. The molecule has 0 spiro atoms. The Morgan fingerprint density at radius 3 is 2.74 bits per heavy atom. The molecule has 0 saturated carbocycles. The highest BCUT2D eigenvalue weighted by Gasteiger charge is 2.30. The molecule has 1 aliphatic heterocycles. The highest BCUT2D eigenvalue weighted by Crippen LogP contribution is 2.29. The maximum absolute atomic E-state index is 12.6. The Labute approximate surface area is 108 Å². The number of rotatable bonds is 3. The van der Waals surface area contributed by atoms with E-state index in [-0.39, 0.29) is 0 Å². The van der Waals surface area contributed by atoms with E-state index in [9.17, 15) is 13.2 Å². The van der Waals surface area contributed by atoms with Gasteiger partial charge in [-0.15, -0.1) is 0 Å². The van der Waals surface area contributed by atoms with Crippen LogP contribution in [0.2, 0.25) is 0 Å². The zero-order valence-electron chi connectivity index (χ0n) is 10.1. The van der Waals surface area contributed by atoms with E-state index in [2.05, 4.69) is 5.16 Å². The Hall–Kier alpha value is -1.82. The summed E-state index contributed by atoms with van der Waals surface area (Å²) < 4.78 is 42.9. The molecule has 0 fully saturated rings. The molecule has 1 aromatic rings. The van der Waals surface area contributed by atoms with Crippen molar-refractivity contribution < 1.29 is 22.7 Å². The SMILES string of the molecule is CCOC1C=CC(c2cccc(C(F)(F)F)c2)=NO1. The van der Waals surface area contributed by atoms with Crippen molar-refractivity contribution in [2.75, 3.05) is 6.61 Å². The highest BCUT2D eigenvalue weighted by molar-refractivity contribution is 6.08. The summed E-state index contributed by atoms with van der Waals surface area (Å²) in [6, 6.07) is 4.93. The summed E-state index contributed by atoms with van der Waals surface area (Å²) in [6.07, 6.45) is -1.77. The summed E-state index contributed by atoms with van der Waals surface area (Å²) in [5.74, 6) is 0. The van der Waals surface area contributed by atoms with Gasteiger partial charge in [-0.3, -0.25) is 0 Å². The van der Waals surface area contributed by atoms with Crippen LogP contribution >= 0.6 is 0 Å². The van der Waals surface area contributed by atoms with Gasteiger partial charge in [0.1, 0.15) is 5.71 Å². The summed E-state index contributed by atoms with van der Waals surface area (Å²) in [6.45, 7) is 2.27. The Bertz CT molecular complexity index is 509. The molecule has 2 rings (SSSR count). The van der Waals surface area contributed by atoms with Crippen LogP contribution in [0.15, 0.2) is 41.6 Å². The average molecular weight is 271 g/mol. The Kier molecular flexibility index (Phi) is 3.90. The summed E-state index contributed by atoms with van der Waals surface area (Å²) in [5, 5.41) is 3.76. The van der Waals surface area contributed by atoms with E-state index in [4.69, 9.17) is 9.57 Å². The number of ether oxygens (including phenoxy) is 1. The minimum atomic E-state index is -4.37. The van der Waals surface area contributed by atoms with Crippen LogP contribution in [0.5, 0.6) is 0 Å². The molecule has 0 N–H and O–H groups in total. The number of nitrogens with zero attached hydrogens (tertiary/aromatic N) is 1. The fourth-order valence-electron chi connectivity index (χ4n) is 1.60. The number of alkyl halides is 3. The lowest BCUT2D eigenvalue weighted by atomic mass is 10.1. The molecule has 0 bridgehead atoms. The third-order valence-electron chi connectivity index (χ3n) is 2.48. The lowest BCUT2D eigenvalue weighted by Crippen LogP contribution is -2.17. The molecule has 3 nitrogen and oxygen atoms in total. The van der Waals surface area contributed by atoms with E-state index >= 15 is 0 Å². The first-order valence-corrected chi connectivity index (χ1v) is 5.72. The van der Waals surface area contributed by atoms with Crippen LogP contribution in [-0.4, -0.2) is 18.6 Å². The molecular weight excluding hydrogens is 259 g/mol. The number of allylic oxidation sites excluding steroid dienone is 1. The molecule has 19 heavy (non-hydrogen) atoms. The van der Waals surface area contributed by atoms with Gasteiger partial charge in [-0.1, -0.05) is 17.3 Å². The van der Waals surface area contributed by atoms with Crippen molar-refractivity contribution in [2.45, 2.75) is 19.4 Å². The van der Waals surface area contributed by atoms with Gasteiger partial charge in [-0.2, -0.15) is 13.2 Å². The van der Waals surface area contributed by atoms with Crippen LogP contribution in [0.4, 0.5) is 13.2 Å². The third kappa shape index (κ3) is 3.35. The summed E-state index contributed by atoms with van der Waals surface area (Å²) >= 11 is 0. The molecule has 1 unspecified atom stereocenters. The zero-order valence-corrected chi connectivity index (χ0v) is 10.1. The Morgan fingerprint density at radius 2 is 2.16 bits per heavy atom. The predicted molar refractivity (Wildman–Crippen MR) is 63.6 cm³/mol. The third-order valence-corrected chi connectivity index (χ3v) is 2.48. The molecule has 102 valence electrons. The lowest BCUT2D eigenvalue weighted by molar-refractivity contribution is -0.137. The van der Waals surface area contributed by atoms with Crippen molar-refractivity contribution >= 4 is 5.71 Å². The predicted octanol–water partition coefficient (Wildman–Crippen LogP) is 3.36. The second-order valence-electron chi connectivity index (χ2n) is 3.84. The van der Waals surface area contributed by atoms with Crippen LogP contribution < -0.4 is 0 Å². The Morgan fingerprint density at radius 1 is 1.37 bits per heavy atom. The summed E-state index contributed by atoms with van der Waals surface area (Å²) in [7, 11) is 0. The number of hydrogen-bond acceptors (Lipinski definition) is 3. The smallest absolute Gasteiger partial charge is 0.359 e. The summed E-state index contributed by atoms with van der Waals surface area (Å²) in [4.78, 5) is 5.01. The maximum atomic E-state index is 12.6. The first-order chi connectivity index (χ1) is 9.00. The standard InChI is InChI=1S/C13H12F3NO2/c1-2-18-12-7-6-11(17-19-12)9-4-3-5-10(8-9)13(14,15)16/h3-8,12H,2H2,1H3. The van der Waals surface area contributed by atoms with Gasteiger partial charge < -0.3 is 9.57 Å². The first kappa shape index (κ1) is 13.6. The van der Waals surface area contributed by atoms with Crippen molar-refractivity contribution in [3.8, 4) is 0 Å². The second-order valence-corrected chi connectivity index (χ2v) is 3.84. The number of oxime groups is 1. The molecule has 0 radical (unpaired) electrons. The molecule has 1 aromatic carbocycles. The van der Waals surface area contributed by atoms with Crippen molar-refractivity contribution in [3.63, 3.8) is 0 Å². The van der Waals surface area contributed by atoms with Gasteiger partial charge in [0, 0.05) is 12.2 Å². The fraction of sp³-hybridized carbons (Fsp3) is 0.308. The maximum Gasteiger partial charge on any atom is 0.416 e. The average Bonchev–Trinajstić information content (AvgIpc) is 2.39. The van der Waals surface area contributed by atoms with Crippen LogP contribution in [0.1, 0.15) is 18.1 Å². The van der Waals surface area contributed by atoms with Crippen molar-refractivity contribution in [2.24, 2.45) is 5.16 Å². The molecule has 0 aromatic heterocycles. The molecule has 1 aliphatic rings. The van der Waals surface area contributed by atoms with Gasteiger partial charge >= 0.3 is 6.18 Å². The van der Waals surface area contributed by atoms with Gasteiger partial charge in [0.15, 0.2) is 0 Å². The van der Waals surface area contributed by atoms with E-state index in [1.54, 1.807) is 18.2 Å². The monoisotopic (exact) mass is 271 g/mol. The number of halogens is 3. The molecule has 6 heteroatoms. The van der Waals surface area contributed by atoms with Crippen molar-refractivity contribution in [1.82, 2.24) is 0 Å². The van der Waals surface area contributed by atoms with Crippen LogP contribution in [0, 0.1) is 0 Å². The lowest BCUT2D eigenvalue weighted by Gasteiger charge is -2.16. The van der Waals surface area contributed by atoms with Crippen molar-refractivity contribution in [3.05, 3.63) is 47.5 Å². The van der Waals surface area contributed by atoms with Crippen molar-refractivity contribution in [1.29, 1.82) is 0 Å². The highest BCUT2D eigenvalue weighted by atomic mass is 19.4. The van der Waals surface area contributed by atoms with Crippen LogP contribution in [0.3, 0.4) is 0 Å². The second kappa shape index (κ2) is 5.44. The van der Waals surface area contributed by atoms with E-state index in [0.29, 0.717) is 17.9 Å². The minimum Gasteiger partial charge on any atom is -0.359 e. The topological polar surface area (TPSA) is 30.8 Å². The first-order valence-electron chi connectivity index (χ1n) is 5.72. The molecular formula is C13H12F3NO2. The molecule has 0 aliphatic carbocycles. The molecule has 1 heterocycles. The van der Waals surface area contributed by atoms with Crippen LogP contribution in [0.25, 0.3) is 0 Å². The van der Waals surface area contributed by atoms with Gasteiger partial charge in [0.25, 0.3) is 0 Å². The fourth-order valence-corrected chi connectivity index (χ4v) is 1.60. The zero-order chi connectivity index (χ0) is 13.9. The molecule has 1 atom stereocenters. The van der Waals surface area contributed by atoms with Gasteiger partial charge in [-0.05, 0) is 31.2 Å². The Balaban J connectivity index is 2.18. The molecule has 0 saturated heterocycles. The van der Waals surface area contributed by atoms with E-state index in [0.717, 1.165) is 12.1 Å². The number of hydrogen-bond donors (Lipinski definition) is 0. The quantitative estimate of drug-likeness (QED) is 0.844. The van der Waals surface area contributed by atoms with Gasteiger partial charge in [0.2, 0.25) is 6.29 Å². The summed E-state index contributed by atoms with van der Waals surface area (Å²) in [5.41, 5.74) is -0.0314. The largest absolute Gasteiger partial charge is 0.416 e. The van der Waals surface area contributed by atoms with Gasteiger partial charge in [-0.25, -0.2) is 0 Å². The molecule has 0 amide bonds. The van der Waals surface area contributed by atoms with E-state index < -0.39 is 18.0 Å². The van der Waals surface area contributed by atoms with Crippen LogP contribution in [-0.2, 0) is 15.8 Å².